The molecule has 2 fully saturated rings. The van der Waals surface area contributed by atoms with Crippen LogP contribution < -0.4 is 0 Å². The number of rotatable bonds is 4. The van der Waals surface area contributed by atoms with E-state index in [1.807, 2.05) is 0 Å². The van der Waals surface area contributed by atoms with Gasteiger partial charge in [-0.2, -0.15) is 0 Å². The molecule has 8 unspecified atom stereocenters. The molecule has 36 heavy (non-hydrogen) atoms. The summed E-state index contributed by atoms with van der Waals surface area (Å²) in [6, 6.07) is 1.23. The Kier molecular flexibility index (Phi) is 10.7. The molecule has 0 aliphatic heterocycles. The van der Waals surface area contributed by atoms with Crippen LogP contribution in [-0.2, 0) is 20.8 Å². The number of hydrogen-bond donors (Lipinski definition) is 0. The van der Waals surface area contributed by atoms with Gasteiger partial charge in [0.2, 0.25) is 0 Å². The Balaban J connectivity index is 0.000000690. The molecule has 190 valence electrons. The van der Waals surface area contributed by atoms with E-state index >= 15 is 0 Å². The van der Waals surface area contributed by atoms with Crippen molar-refractivity contribution >= 4 is 25.1 Å². The van der Waals surface area contributed by atoms with E-state index in [-0.39, 0.29) is 14.9 Å². The fourth-order valence-electron chi connectivity index (χ4n) is 8.62. The van der Waals surface area contributed by atoms with E-state index in [0.717, 1.165) is 11.1 Å². The summed E-state index contributed by atoms with van der Waals surface area (Å²) in [5.74, 6) is 5.34. The van der Waals surface area contributed by atoms with Crippen LogP contribution in [-0.4, -0.2) is 8.07 Å². The topological polar surface area (TPSA) is 0 Å². The van der Waals surface area contributed by atoms with Crippen LogP contribution in [0.2, 0.25) is 23.7 Å². The summed E-state index contributed by atoms with van der Waals surface area (Å²) in [4.78, 5) is 0. The zero-order valence-electron chi connectivity index (χ0n) is 21.8. The Labute approximate surface area is 240 Å². The minimum atomic E-state index is -1.77. The first-order valence-electron chi connectivity index (χ1n) is 12.6. The van der Waals surface area contributed by atoms with Gasteiger partial charge in [-0.05, 0) is 64.5 Å². The molecule has 6 aliphatic rings. The maximum atomic E-state index is 4.93. The molecule has 0 N–H and O–H groups in total. The normalized spacial score (nSPS) is 40.8. The average molecular weight is 615 g/mol. The molecule has 6 rings (SSSR count). The van der Waals surface area contributed by atoms with Crippen LogP contribution >= 0.6 is 17.0 Å². The van der Waals surface area contributed by atoms with Gasteiger partial charge in [0.25, 0.3) is 0 Å². The van der Waals surface area contributed by atoms with Crippen LogP contribution in [0.5, 0.6) is 0 Å². The molecule has 0 bridgehead atoms. The summed E-state index contributed by atoms with van der Waals surface area (Å²) >= 11 is -0.826. The van der Waals surface area contributed by atoms with Gasteiger partial charge in [0.15, 0.2) is 0 Å². The van der Waals surface area contributed by atoms with Crippen molar-refractivity contribution in [3.05, 3.63) is 125 Å². The third-order valence-corrected chi connectivity index (χ3v) is 15.3. The van der Waals surface area contributed by atoms with E-state index < -0.39 is 28.9 Å². The number of allylic oxidation sites excluding steroid dienone is 17. The second-order valence-electron chi connectivity index (χ2n) is 10.8. The zero-order chi connectivity index (χ0) is 23.7. The minimum absolute atomic E-state index is 0. The number of hydrogen-bond acceptors (Lipinski definition) is 0. The van der Waals surface area contributed by atoms with E-state index in [2.05, 4.69) is 116 Å². The van der Waals surface area contributed by atoms with Crippen LogP contribution in [0.1, 0.15) is 0 Å². The SMILES string of the molecule is C=CC[Si](C)(C1C2C=CC=CC2C2C=CC=CC21)C1C2C=CC=CC2C2C=CC=CC21.[CH3-].[CH3-].[Cl][Zr+2][Cl]. The molecule has 4 heteroatoms. The van der Waals surface area contributed by atoms with Gasteiger partial charge in [0.05, 0.1) is 8.07 Å². The molecule has 0 aromatic heterocycles. The molecule has 0 spiro atoms. The Morgan fingerprint density at radius 1 is 0.583 bits per heavy atom. The van der Waals surface area contributed by atoms with Gasteiger partial charge < -0.3 is 14.9 Å². The molecule has 0 saturated heterocycles. The molecule has 0 radical (unpaired) electrons. The van der Waals surface area contributed by atoms with Gasteiger partial charge in [-0.3, -0.25) is 0 Å². The first kappa shape index (κ1) is 29.9. The maximum absolute atomic E-state index is 4.93. The molecular formula is C32H40Cl2SiZr. The third kappa shape index (κ3) is 5.02. The molecule has 0 aromatic carbocycles. The Morgan fingerprint density at radius 3 is 1.03 bits per heavy atom. The van der Waals surface area contributed by atoms with Crippen molar-refractivity contribution in [3.8, 4) is 0 Å². The Morgan fingerprint density at radius 2 is 0.806 bits per heavy atom. The first-order chi connectivity index (χ1) is 16.7. The van der Waals surface area contributed by atoms with Crippen molar-refractivity contribution < 1.29 is 20.8 Å². The van der Waals surface area contributed by atoms with Crippen molar-refractivity contribution in [2.45, 2.75) is 23.7 Å². The summed E-state index contributed by atoms with van der Waals surface area (Å²) in [5, 5.41) is 0. The van der Waals surface area contributed by atoms with Crippen molar-refractivity contribution in [1.82, 2.24) is 0 Å². The fourth-order valence-corrected chi connectivity index (χ4v) is 15.1. The second kappa shape index (κ2) is 12.9. The molecule has 0 aromatic rings. The predicted molar refractivity (Wildman–Crippen MR) is 160 cm³/mol. The van der Waals surface area contributed by atoms with E-state index in [1.165, 1.54) is 6.04 Å². The zero-order valence-corrected chi connectivity index (χ0v) is 26.7. The molecule has 6 aliphatic carbocycles. The van der Waals surface area contributed by atoms with Crippen LogP contribution in [0.3, 0.4) is 0 Å². The number of fused-ring (bicyclic) bond motifs is 6. The van der Waals surface area contributed by atoms with Crippen molar-refractivity contribution in [3.63, 3.8) is 0 Å². The standard InChI is InChI=1S/C30H34Si.2CH3.2ClH.Zr/c1-3-20-31(2,29-25-16-8-4-12-21(25)22-13-5-9-17-26(22)29)30-27-18-10-6-14-23(27)24-15-7-11-19-28(24)30;;;;;/h3-19,21-30H,1,20H2,2H3;2*1H3;2*1H;/q;2*-1;;;+4/p-2. The molecule has 0 nitrogen and oxygen atoms in total. The Bertz CT molecular complexity index is 875. The Hall–Kier alpha value is -0.660. The quantitative estimate of drug-likeness (QED) is 0.168. The molecule has 8 atom stereocenters. The third-order valence-electron chi connectivity index (χ3n) is 9.54. The van der Waals surface area contributed by atoms with E-state index in [0.29, 0.717) is 47.3 Å². The summed E-state index contributed by atoms with van der Waals surface area (Å²) in [5.41, 5.74) is 1.54. The van der Waals surface area contributed by atoms with Gasteiger partial charge in [0, 0.05) is 0 Å². The second-order valence-corrected chi connectivity index (χ2v) is 19.3. The van der Waals surface area contributed by atoms with E-state index in [9.17, 15) is 0 Å². The van der Waals surface area contributed by atoms with Crippen LogP contribution in [0.15, 0.2) is 110 Å². The van der Waals surface area contributed by atoms with Crippen molar-refractivity contribution in [1.29, 1.82) is 0 Å². The number of halogens is 2. The monoisotopic (exact) mass is 612 g/mol. The first-order valence-corrected chi connectivity index (χ1v) is 21.8. The van der Waals surface area contributed by atoms with Gasteiger partial charge in [-0.25, -0.2) is 0 Å². The van der Waals surface area contributed by atoms with E-state index in [4.69, 9.17) is 17.0 Å². The van der Waals surface area contributed by atoms with Crippen LogP contribution in [0.4, 0.5) is 0 Å². The van der Waals surface area contributed by atoms with Gasteiger partial charge in [0.1, 0.15) is 0 Å². The molecular weight excluding hydrogens is 575 g/mol. The van der Waals surface area contributed by atoms with Gasteiger partial charge in [-0.1, -0.05) is 110 Å². The van der Waals surface area contributed by atoms with E-state index in [1.54, 1.807) is 0 Å². The fraction of sp³-hybridized carbons (Fsp3) is 0.375. The average Bonchev–Trinajstić information content (AvgIpc) is 3.39. The van der Waals surface area contributed by atoms with Crippen molar-refractivity contribution in [2.75, 3.05) is 0 Å². The van der Waals surface area contributed by atoms with Gasteiger partial charge >= 0.3 is 37.9 Å². The summed E-state index contributed by atoms with van der Waals surface area (Å²) < 4.78 is 0. The summed E-state index contributed by atoms with van der Waals surface area (Å²) in [6.45, 7) is 7.07. The van der Waals surface area contributed by atoms with Crippen LogP contribution in [0, 0.1) is 62.2 Å². The predicted octanol–water partition coefficient (Wildman–Crippen LogP) is 9.73. The van der Waals surface area contributed by atoms with Crippen molar-refractivity contribution in [2.24, 2.45) is 47.3 Å². The van der Waals surface area contributed by atoms with Crippen LogP contribution in [0.25, 0.3) is 0 Å². The summed E-state index contributed by atoms with van der Waals surface area (Å²) in [6.07, 6.45) is 41.1. The van der Waals surface area contributed by atoms with Gasteiger partial charge in [-0.15, -0.1) is 6.58 Å². The summed E-state index contributed by atoms with van der Waals surface area (Å²) in [7, 11) is 8.09. The molecule has 0 heterocycles. The molecule has 0 amide bonds. The molecule has 2 saturated carbocycles.